The SMILES string of the molecule is CCc1nn2c(C)cc(C)nc2c1Cc1ccc(C=CC(=O)OC)cc1. The van der Waals surface area contributed by atoms with Gasteiger partial charge in [-0.3, -0.25) is 0 Å². The highest BCUT2D eigenvalue weighted by molar-refractivity contribution is 5.86. The Morgan fingerprint density at radius 1 is 1.23 bits per heavy atom. The van der Waals surface area contributed by atoms with Crippen LogP contribution in [0.3, 0.4) is 0 Å². The maximum Gasteiger partial charge on any atom is 0.330 e. The molecule has 0 spiro atoms. The Balaban J connectivity index is 1.91. The summed E-state index contributed by atoms with van der Waals surface area (Å²) in [6, 6.07) is 10.2. The molecule has 0 N–H and O–H groups in total. The fourth-order valence-electron chi connectivity index (χ4n) is 3.06. The van der Waals surface area contributed by atoms with E-state index in [4.69, 9.17) is 10.1 Å². The third kappa shape index (κ3) is 3.67. The van der Waals surface area contributed by atoms with E-state index in [2.05, 4.69) is 30.7 Å². The van der Waals surface area contributed by atoms with Gasteiger partial charge in [0.15, 0.2) is 5.65 Å². The van der Waals surface area contributed by atoms with Crippen molar-refractivity contribution in [3.8, 4) is 0 Å². The maximum absolute atomic E-state index is 11.2. The van der Waals surface area contributed by atoms with Gasteiger partial charge < -0.3 is 4.74 Å². The summed E-state index contributed by atoms with van der Waals surface area (Å²) >= 11 is 0. The molecule has 3 aromatic rings. The minimum Gasteiger partial charge on any atom is -0.466 e. The lowest BCUT2D eigenvalue weighted by Crippen LogP contribution is -1.98. The third-order valence-electron chi connectivity index (χ3n) is 4.38. The molecule has 0 atom stereocenters. The maximum atomic E-state index is 11.2. The number of methoxy groups -OCH3 is 1. The highest BCUT2D eigenvalue weighted by Gasteiger charge is 2.15. The van der Waals surface area contributed by atoms with E-state index in [-0.39, 0.29) is 5.97 Å². The number of nitrogens with zero attached hydrogens (tertiary/aromatic N) is 3. The molecule has 0 saturated heterocycles. The van der Waals surface area contributed by atoms with Gasteiger partial charge in [0.1, 0.15) is 0 Å². The molecule has 0 saturated carbocycles. The van der Waals surface area contributed by atoms with Crippen LogP contribution in [0.1, 0.15) is 40.7 Å². The minimum atomic E-state index is -0.357. The van der Waals surface area contributed by atoms with Gasteiger partial charge in [0.25, 0.3) is 0 Å². The van der Waals surface area contributed by atoms with E-state index in [0.29, 0.717) is 0 Å². The summed E-state index contributed by atoms with van der Waals surface area (Å²) in [7, 11) is 1.37. The summed E-state index contributed by atoms with van der Waals surface area (Å²) in [5.41, 5.74) is 7.44. The normalized spacial score (nSPS) is 11.4. The van der Waals surface area contributed by atoms with Gasteiger partial charge in [0.2, 0.25) is 0 Å². The van der Waals surface area contributed by atoms with Crippen LogP contribution in [0.4, 0.5) is 0 Å². The first-order chi connectivity index (χ1) is 12.5. The molecule has 5 nitrogen and oxygen atoms in total. The van der Waals surface area contributed by atoms with Crippen LogP contribution < -0.4 is 0 Å². The highest BCUT2D eigenvalue weighted by Crippen LogP contribution is 2.21. The molecule has 134 valence electrons. The number of aryl methyl sites for hydroxylation is 3. The smallest absolute Gasteiger partial charge is 0.330 e. The minimum absolute atomic E-state index is 0.357. The number of carbonyl (C=O) groups excluding carboxylic acids is 1. The van der Waals surface area contributed by atoms with Crippen LogP contribution in [0.25, 0.3) is 11.7 Å². The Hall–Kier alpha value is -2.95. The predicted octanol–water partition coefficient (Wildman–Crippen LogP) is 3.69. The number of hydrogen-bond donors (Lipinski definition) is 0. The second kappa shape index (κ2) is 7.52. The summed E-state index contributed by atoms with van der Waals surface area (Å²) in [6.45, 7) is 6.19. The number of aromatic nitrogens is 3. The van der Waals surface area contributed by atoms with E-state index in [1.54, 1.807) is 6.08 Å². The highest BCUT2D eigenvalue weighted by atomic mass is 16.5. The summed E-state index contributed by atoms with van der Waals surface area (Å²) < 4.78 is 6.55. The first-order valence-electron chi connectivity index (χ1n) is 8.71. The monoisotopic (exact) mass is 349 g/mol. The molecule has 0 fully saturated rings. The van der Waals surface area contributed by atoms with Crippen molar-refractivity contribution in [2.45, 2.75) is 33.6 Å². The van der Waals surface area contributed by atoms with Gasteiger partial charge >= 0.3 is 5.97 Å². The van der Waals surface area contributed by atoms with Gasteiger partial charge in [-0.2, -0.15) is 5.10 Å². The van der Waals surface area contributed by atoms with E-state index < -0.39 is 0 Å². The van der Waals surface area contributed by atoms with Crippen LogP contribution >= 0.6 is 0 Å². The number of hydrogen-bond acceptors (Lipinski definition) is 4. The van der Waals surface area contributed by atoms with Crippen LogP contribution in [-0.2, 0) is 22.4 Å². The zero-order valence-electron chi connectivity index (χ0n) is 15.6. The van der Waals surface area contributed by atoms with Crippen LogP contribution in [0.15, 0.2) is 36.4 Å². The number of esters is 1. The molecule has 0 amide bonds. The quantitative estimate of drug-likeness (QED) is 0.521. The van der Waals surface area contributed by atoms with Crippen molar-refractivity contribution in [2.24, 2.45) is 0 Å². The van der Waals surface area contributed by atoms with Crippen LogP contribution in [0.2, 0.25) is 0 Å². The van der Waals surface area contributed by atoms with Gasteiger partial charge in [-0.1, -0.05) is 31.2 Å². The standard InChI is InChI=1S/C21H23N3O2/c1-5-19-18(21-22-14(2)12-15(3)24(21)23-19)13-17-8-6-16(7-9-17)10-11-20(25)26-4/h6-12H,5,13H2,1-4H3. The predicted molar refractivity (Wildman–Crippen MR) is 102 cm³/mol. The van der Waals surface area contributed by atoms with E-state index in [9.17, 15) is 4.79 Å². The van der Waals surface area contributed by atoms with Crippen molar-refractivity contribution >= 4 is 17.7 Å². The Bertz CT molecular complexity index is 969. The number of fused-ring (bicyclic) bond motifs is 1. The molecule has 0 bridgehead atoms. The van der Waals surface area contributed by atoms with Gasteiger partial charge in [-0.15, -0.1) is 0 Å². The number of rotatable bonds is 5. The van der Waals surface area contributed by atoms with Crippen molar-refractivity contribution in [3.05, 3.63) is 70.2 Å². The Labute approximate surface area is 153 Å². The molecule has 26 heavy (non-hydrogen) atoms. The summed E-state index contributed by atoms with van der Waals surface area (Å²) in [4.78, 5) is 15.9. The van der Waals surface area contributed by atoms with Crippen molar-refractivity contribution in [1.29, 1.82) is 0 Å². The molecule has 5 heteroatoms. The van der Waals surface area contributed by atoms with Gasteiger partial charge in [-0.25, -0.2) is 14.3 Å². The number of ether oxygens (including phenoxy) is 1. The van der Waals surface area contributed by atoms with E-state index in [1.807, 2.05) is 29.6 Å². The molecule has 2 heterocycles. The summed E-state index contributed by atoms with van der Waals surface area (Å²) in [5.74, 6) is -0.357. The van der Waals surface area contributed by atoms with Crippen LogP contribution in [0.5, 0.6) is 0 Å². The second-order valence-corrected chi connectivity index (χ2v) is 6.33. The largest absolute Gasteiger partial charge is 0.466 e. The average Bonchev–Trinajstić information content (AvgIpc) is 2.98. The molecule has 0 aliphatic rings. The van der Waals surface area contributed by atoms with Crippen LogP contribution in [-0.4, -0.2) is 27.7 Å². The Morgan fingerprint density at radius 2 is 1.96 bits per heavy atom. The fraction of sp³-hybridized carbons (Fsp3) is 0.286. The second-order valence-electron chi connectivity index (χ2n) is 6.33. The first-order valence-corrected chi connectivity index (χ1v) is 8.71. The van der Waals surface area contributed by atoms with E-state index in [1.165, 1.54) is 24.3 Å². The van der Waals surface area contributed by atoms with Crippen molar-refractivity contribution in [1.82, 2.24) is 14.6 Å². The first kappa shape index (κ1) is 17.9. The van der Waals surface area contributed by atoms with Gasteiger partial charge in [-0.05, 0) is 43.5 Å². The lowest BCUT2D eigenvalue weighted by atomic mass is 10.0. The zero-order valence-corrected chi connectivity index (χ0v) is 15.6. The topological polar surface area (TPSA) is 56.5 Å². The van der Waals surface area contributed by atoms with Crippen molar-refractivity contribution in [2.75, 3.05) is 7.11 Å². The average molecular weight is 349 g/mol. The molecule has 1 aromatic carbocycles. The zero-order chi connectivity index (χ0) is 18.7. The third-order valence-corrected chi connectivity index (χ3v) is 4.38. The Kier molecular flexibility index (Phi) is 5.16. The summed E-state index contributed by atoms with van der Waals surface area (Å²) in [5, 5.41) is 4.74. The number of carbonyl (C=O) groups is 1. The molecule has 0 unspecified atom stereocenters. The van der Waals surface area contributed by atoms with E-state index >= 15 is 0 Å². The van der Waals surface area contributed by atoms with Crippen molar-refractivity contribution < 1.29 is 9.53 Å². The molecule has 3 rings (SSSR count). The fourth-order valence-corrected chi connectivity index (χ4v) is 3.06. The molecule has 0 aliphatic carbocycles. The molecular weight excluding hydrogens is 326 g/mol. The Morgan fingerprint density at radius 3 is 2.62 bits per heavy atom. The lowest BCUT2D eigenvalue weighted by Gasteiger charge is -2.04. The van der Waals surface area contributed by atoms with Gasteiger partial charge in [0, 0.05) is 29.4 Å². The van der Waals surface area contributed by atoms with E-state index in [0.717, 1.165) is 41.1 Å². The number of benzene rings is 1. The molecule has 0 radical (unpaired) electrons. The van der Waals surface area contributed by atoms with Crippen LogP contribution in [0, 0.1) is 13.8 Å². The summed E-state index contributed by atoms with van der Waals surface area (Å²) in [6.07, 6.45) is 4.82. The molecule has 2 aromatic heterocycles. The van der Waals surface area contributed by atoms with Crippen molar-refractivity contribution in [3.63, 3.8) is 0 Å². The van der Waals surface area contributed by atoms with Gasteiger partial charge in [0.05, 0.1) is 12.8 Å². The lowest BCUT2D eigenvalue weighted by molar-refractivity contribution is -0.134. The molecule has 0 aliphatic heterocycles. The molecular formula is C21H23N3O2.